The van der Waals surface area contributed by atoms with Gasteiger partial charge in [-0.1, -0.05) is 24.3 Å². The molecule has 0 radical (unpaired) electrons. The van der Waals surface area contributed by atoms with Gasteiger partial charge >= 0.3 is 5.97 Å². The number of rotatable bonds is 6. The van der Waals surface area contributed by atoms with Crippen molar-refractivity contribution in [3.05, 3.63) is 54.2 Å². The Morgan fingerprint density at radius 1 is 1.08 bits per heavy atom. The second-order valence-electron chi connectivity index (χ2n) is 6.66. The normalized spacial score (nSPS) is 16.5. The third-order valence-electron chi connectivity index (χ3n) is 4.46. The topological polar surface area (TPSA) is 65.9 Å². The number of hydrogen-bond donors (Lipinski definition) is 1. The highest BCUT2D eigenvalue weighted by molar-refractivity contribution is 5.76. The number of carboxylic acids is 1. The lowest BCUT2D eigenvalue weighted by Gasteiger charge is -2.38. The molecule has 1 aliphatic heterocycles. The van der Waals surface area contributed by atoms with Crippen molar-refractivity contribution in [1.29, 1.82) is 0 Å². The van der Waals surface area contributed by atoms with Gasteiger partial charge in [0.1, 0.15) is 17.6 Å². The summed E-state index contributed by atoms with van der Waals surface area (Å²) in [5, 5.41) is 9.90. The van der Waals surface area contributed by atoms with Gasteiger partial charge in [0.25, 0.3) is 0 Å². The minimum atomic E-state index is -0.851. The van der Waals surface area contributed by atoms with Crippen molar-refractivity contribution in [2.75, 3.05) is 31.1 Å². The number of ether oxygens (including phenoxy) is 1. The van der Waals surface area contributed by atoms with Crippen molar-refractivity contribution >= 4 is 11.8 Å². The fourth-order valence-electron chi connectivity index (χ4n) is 3.30. The van der Waals surface area contributed by atoms with Gasteiger partial charge in [-0.3, -0.25) is 9.69 Å². The number of para-hydroxylation sites is 1. The Kier molecular flexibility index (Phi) is 5.73. The summed E-state index contributed by atoms with van der Waals surface area (Å²) in [6.45, 7) is 6.69. The Morgan fingerprint density at radius 3 is 2.38 bits per heavy atom. The predicted molar refractivity (Wildman–Crippen MR) is 101 cm³/mol. The highest BCUT2D eigenvalue weighted by Crippen LogP contribution is 2.31. The van der Waals surface area contributed by atoms with Gasteiger partial charge in [-0.2, -0.15) is 0 Å². The van der Waals surface area contributed by atoms with Crippen LogP contribution in [0.4, 0.5) is 5.82 Å². The van der Waals surface area contributed by atoms with E-state index in [1.165, 1.54) is 0 Å². The van der Waals surface area contributed by atoms with Gasteiger partial charge in [0.05, 0.1) is 6.10 Å². The molecule has 2 aromatic rings. The zero-order chi connectivity index (χ0) is 18.5. The molecule has 0 saturated carbocycles. The number of aliphatic carboxylic acids is 1. The number of pyridine rings is 1. The molecule has 1 N–H and O–H groups in total. The lowest BCUT2D eigenvalue weighted by atomic mass is 10.0. The van der Waals surface area contributed by atoms with Crippen LogP contribution in [0.5, 0.6) is 5.75 Å². The molecule has 1 fully saturated rings. The first-order valence-electron chi connectivity index (χ1n) is 8.94. The minimum Gasteiger partial charge on any atom is -0.491 e. The fourth-order valence-corrected chi connectivity index (χ4v) is 3.30. The summed E-state index contributed by atoms with van der Waals surface area (Å²) in [6.07, 6.45) is 1.77. The summed E-state index contributed by atoms with van der Waals surface area (Å²) in [7, 11) is 0. The maximum Gasteiger partial charge on any atom is 0.325 e. The van der Waals surface area contributed by atoms with Crippen molar-refractivity contribution in [3.8, 4) is 5.75 Å². The molecule has 0 amide bonds. The monoisotopic (exact) mass is 355 g/mol. The van der Waals surface area contributed by atoms with E-state index >= 15 is 0 Å². The van der Waals surface area contributed by atoms with Crippen molar-refractivity contribution in [2.45, 2.75) is 26.0 Å². The van der Waals surface area contributed by atoms with Gasteiger partial charge < -0.3 is 14.7 Å². The van der Waals surface area contributed by atoms with Crippen molar-refractivity contribution in [1.82, 2.24) is 9.88 Å². The Morgan fingerprint density at radius 2 is 1.77 bits per heavy atom. The molecule has 0 bridgehead atoms. The van der Waals surface area contributed by atoms with E-state index in [0.29, 0.717) is 24.4 Å². The largest absolute Gasteiger partial charge is 0.491 e. The Balaban J connectivity index is 1.77. The number of piperazine rings is 1. The molecule has 1 aromatic carbocycles. The Hall–Kier alpha value is -2.60. The van der Waals surface area contributed by atoms with Gasteiger partial charge in [0.15, 0.2) is 0 Å². The number of anilines is 1. The zero-order valence-corrected chi connectivity index (χ0v) is 15.2. The van der Waals surface area contributed by atoms with Crippen molar-refractivity contribution in [3.63, 3.8) is 0 Å². The molecular weight excluding hydrogens is 330 g/mol. The molecule has 138 valence electrons. The van der Waals surface area contributed by atoms with Crippen molar-refractivity contribution < 1.29 is 14.6 Å². The van der Waals surface area contributed by atoms with E-state index in [1.54, 1.807) is 6.20 Å². The van der Waals surface area contributed by atoms with Gasteiger partial charge in [0, 0.05) is 37.9 Å². The number of hydrogen-bond acceptors (Lipinski definition) is 5. The molecule has 1 aromatic heterocycles. The van der Waals surface area contributed by atoms with E-state index in [0.717, 1.165) is 18.9 Å². The standard InChI is InChI=1S/C20H25N3O3/c1-15(2)26-17-8-4-3-7-16(17)19(20(24)25)23-13-11-22(12-14-23)18-9-5-6-10-21-18/h3-10,15,19H,11-14H2,1-2H3,(H,24,25)/t19-/m1/s1. The molecule has 26 heavy (non-hydrogen) atoms. The SMILES string of the molecule is CC(C)Oc1ccccc1[C@H](C(=O)O)N1CCN(c2ccccn2)CC1. The van der Waals surface area contributed by atoms with E-state index in [2.05, 4.69) is 9.88 Å². The van der Waals surface area contributed by atoms with Crippen LogP contribution >= 0.6 is 0 Å². The second-order valence-corrected chi connectivity index (χ2v) is 6.66. The van der Waals surface area contributed by atoms with Gasteiger partial charge in [-0.05, 0) is 32.0 Å². The van der Waals surface area contributed by atoms with E-state index in [1.807, 2.05) is 61.2 Å². The first kappa shape index (κ1) is 18.2. The fraction of sp³-hybridized carbons (Fsp3) is 0.400. The van der Waals surface area contributed by atoms with E-state index < -0.39 is 12.0 Å². The highest BCUT2D eigenvalue weighted by atomic mass is 16.5. The molecule has 6 heteroatoms. The number of carboxylic acid groups (broad SMARTS) is 1. The molecule has 1 saturated heterocycles. The minimum absolute atomic E-state index is 0.00778. The van der Waals surface area contributed by atoms with Crippen LogP contribution in [-0.2, 0) is 4.79 Å². The average molecular weight is 355 g/mol. The molecule has 1 atom stereocenters. The van der Waals surface area contributed by atoms with Gasteiger partial charge in [-0.15, -0.1) is 0 Å². The van der Waals surface area contributed by atoms with Crippen LogP contribution in [0.2, 0.25) is 0 Å². The molecular formula is C20H25N3O3. The maximum absolute atomic E-state index is 12.1. The zero-order valence-electron chi connectivity index (χ0n) is 15.2. The summed E-state index contributed by atoms with van der Waals surface area (Å²) in [5.41, 5.74) is 0.708. The van der Waals surface area contributed by atoms with Crippen LogP contribution in [0.1, 0.15) is 25.5 Å². The van der Waals surface area contributed by atoms with Crippen LogP contribution in [0, 0.1) is 0 Å². The summed E-state index contributed by atoms with van der Waals surface area (Å²) in [6, 6.07) is 12.6. The van der Waals surface area contributed by atoms with Crippen LogP contribution in [0.15, 0.2) is 48.7 Å². The van der Waals surface area contributed by atoms with Gasteiger partial charge in [-0.25, -0.2) is 4.98 Å². The van der Waals surface area contributed by atoms with E-state index in [9.17, 15) is 9.90 Å². The van der Waals surface area contributed by atoms with Crippen LogP contribution in [-0.4, -0.2) is 53.2 Å². The van der Waals surface area contributed by atoms with Crippen LogP contribution in [0.25, 0.3) is 0 Å². The van der Waals surface area contributed by atoms with Crippen LogP contribution < -0.4 is 9.64 Å². The number of nitrogens with zero attached hydrogens (tertiary/aromatic N) is 3. The Bertz CT molecular complexity index is 728. The predicted octanol–water partition coefficient (Wildman–Crippen LogP) is 2.82. The first-order chi connectivity index (χ1) is 12.6. The molecule has 2 heterocycles. The molecule has 6 nitrogen and oxygen atoms in total. The average Bonchev–Trinajstić information content (AvgIpc) is 2.64. The first-order valence-corrected chi connectivity index (χ1v) is 8.94. The molecule has 0 spiro atoms. The lowest BCUT2D eigenvalue weighted by Crippen LogP contribution is -2.49. The van der Waals surface area contributed by atoms with E-state index in [-0.39, 0.29) is 6.10 Å². The summed E-state index contributed by atoms with van der Waals surface area (Å²) in [5.74, 6) is 0.723. The number of benzene rings is 1. The maximum atomic E-state index is 12.1. The molecule has 0 aliphatic carbocycles. The third kappa shape index (κ3) is 4.14. The third-order valence-corrected chi connectivity index (χ3v) is 4.46. The molecule has 1 aliphatic rings. The molecule has 3 rings (SSSR count). The van der Waals surface area contributed by atoms with E-state index in [4.69, 9.17) is 4.74 Å². The smallest absolute Gasteiger partial charge is 0.325 e. The summed E-state index contributed by atoms with van der Waals surface area (Å²) >= 11 is 0. The Labute approximate surface area is 154 Å². The van der Waals surface area contributed by atoms with Crippen molar-refractivity contribution in [2.24, 2.45) is 0 Å². The quantitative estimate of drug-likeness (QED) is 0.860. The second kappa shape index (κ2) is 8.19. The lowest BCUT2D eigenvalue weighted by molar-refractivity contribution is -0.143. The highest BCUT2D eigenvalue weighted by Gasteiger charge is 2.32. The van der Waals surface area contributed by atoms with Gasteiger partial charge in [0.2, 0.25) is 0 Å². The number of carbonyl (C=O) groups is 1. The summed E-state index contributed by atoms with van der Waals surface area (Å²) < 4.78 is 5.85. The van der Waals surface area contributed by atoms with Crippen LogP contribution in [0.3, 0.4) is 0 Å². The molecule has 0 unspecified atom stereocenters. The number of aromatic nitrogens is 1. The summed E-state index contributed by atoms with van der Waals surface area (Å²) in [4.78, 5) is 20.6.